The van der Waals surface area contributed by atoms with E-state index in [1.807, 2.05) is 41.2 Å². The molecule has 1 aliphatic rings. The van der Waals surface area contributed by atoms with Crippen LogP contribution < -0.4 is 10.6 Å². The molecule has 0 aliphatic carbocycles. The number of H-pyrrole nitrogens is 1. The number of carbonyl (C=O) groups excluding carboxylic acids is 1. The second-order valence-electron chi connectivity index (χ2n) is 6.30. The van der Waals surface area contributed by atoms with Crippen molar-refractivity contribution in [1.29, 1.82) is 0 Å². The fraction of sp³-hybridized carbons (Fsp3) is 0.353. The summed E-state index contributed by atoms with van der Waals surface area (Å²) in [5, 5.41) is 23.9. The van der Waals surface area contributed by atoms with Gasteiger partial charge in [-0.1, -0.05) is 23.3 Å². The molecule has 1 atom stereocenters. The van der Waals surface area contributed by atoms with Gasteiger partial charge in [0.25, 0.3) is 11.9 Å². The summed E-state index contributed by atoms with van der Waals surface area (Å²) in [6, 6.07) is 9.55. The minimum atomic E-state index is -0.256. The number of nitrogens with zero attached hydrogens (tertiary/aromatic N) is 5. The summed E-state index contributed by atoms with van der Waals surface area (Å²) < 4.78 is 1.95. The number of amides is 1. The van der Waals surface area contributed by atoms with E-state index in [1.54, 1.807) is 6.20 Å². The molecule has 9 nitrogen and oxygen atoms in total. The summed E-state index contributed by atoms with van der Waals surface area (Å²) in [5.41, 5.74) is 1.54. The molecule has 3 aromatic rings. The zero-order valence-electron chi connectivity index (χ0n) is 14.2. The lowest BCUT2D eigenvalue weighted by Gasteiger charge is -2.32. The molecule has 1 aliphatic heterocycles. The number of nitrogens with one attached hydrogen (secondary N) is 3. The monoisotopic (exact) mass is 352 g/mol. The molecule has 1 fully saturated rings. The Morgan fingerprint density at radius 1 is 1.23 bits per heavy atom. The second kappa shape index (κ2) is 7.44. The van der Waals surface area contributed by atoms with Crippen molar-refractivity contribution in [3.63, 3.8) is 0 Å². The third kappa shape index (κ3) is 3.33. The second-order valence-corrected chi connectivity index (χ2v) is 6.30. The lowest BCUT2D eigenvalue weighted by molar-refractivity contribution is 0.102. The van der Waals surface area contributed by atoms with Gasteiger partial charge in [0, 0.05) is 18.0 Å². The van der Waals surface area contributed by atoms with Gasteiger partial charge >= 0.3 is 0 Å². The molecule has 3 heterocycles. The lowest BCUT2D eigenvalue weighted by Crippen LogP contribution is -2.34. The van der Waals surface area contributed by atoms with Crippen molar-refractivity contribution in [3.8, 4) is 0 Å². The van der Waals surface area contributed by atoms with E-state index in [1.165, 1.54) is 0 Å². The average molecular weight is 352 g/mol. The van der Waals surface area contributed by atoms with Crippen LogP contribution in [0, 0.1) is 5.92 Å². The molecule has 3 N–H and O–H groups in total. The van der Waals surface area contributed by atoms with E-state index in [0.717, 1.165) is 31.5 Å². The standard InChI is InChI=1S/C17H20N8O/c26-16(20-17-21-23-24-22-17)14-5-2-1-4-13(14)15(25-11-3-8-19-25)12-6-9-18-10-7-12/h1-5,8,11-12,15,18H,6-7,9-10H2,(H2,20,21,22,23,24,26). The normalized spacial score (nSPS) is 16.3. The molecule has 1 aromatic carbocycles. The van der Waals surface area contributed by atoms with E-state index < -0.39 is 0 Å². The van der Waals surface area contributed by atoms with Crippen molar-refractivity contribution in [2.24, 2.45) is 5.92 Å². The molecular weight excluding hydrogens is 332 g/mol. The molecule has 134 valence electrons. The number of hydrogen-bond acceptors (Lipinski definition) is 6. The van der Waals surface area contributed by atoms with Crippen LogP contribution in [0.15, 0.2) is 42.7 Å². The van der Waals surface area contributed by atoms with Crippen LogP contribution in [0.4, 0.5) is 5.95 Å². The Labute approximate surface area is 150 Å². The largest absolute Gasteiger partial charge is 0.317 e. The summed E-state index contributed by atoms with van der Waals surface area (Å²) >= 11 is 0. The van der Waals surface area contributed by atoms with Gasteiger partial charge in [-0.05, 0) is 54.8 Å². The van der Waals surface area contributed by atoms with E-state index in [4.69, 9.17) is 0 Å². The highest BCUT2D eigenvalue weighted by Crippen LogP contribution is 2.34. The van der Waals surface area contributed by atoms with Crippen LogP contribution in [0.25, 0.3) is 0 Å². The number of benzene rings is 1. The van der Waals surface area contributed by atoms with Crippen LogP contribution in [0.5, 0.6) is 0 Å². The van der Waals surface area contributed by atoms with Gasteiger partial charge in [-0.3, -0.25) is 14.8 Å². The smallest absolute Gasteiger partial charge is 0.270 e. The van der Waals surface area contributed by atoms with Crippen LogP contribution in [0.3, 0.4) is 0 Å². The predicted octanol–water partition coefficient (Wildman–Crippen LogP) is 1.24. The molecule has 1 unspecified atom stereocenters. The average Bonchev–Trinajstić information content (AvgIpc) is 3.38. The summed E-state index contributed by atoms with van der Waals surface area (Å²) in [6.07, 6.45) is 5.80. The number of aromatic amines is 1. The Bertz CT molecular complexity index is 840. The highest BCUT2D eigenvalue weighted by atomic mass is 16.1. The fourth-order valence-corrected chi connectivity index (χ4v) is 3.56. The van der Waals surface area contributed by atoms with Gasteiger partial charge in [0.1, 0.15) is 0 Å². The van der Waals surface area contributed by atoms with Crippen LogP contribution in [0.2, 0.25) is 0 Å². The minimum Gasteiger partial charge on any atom is -0.317 e. The maximum atomic E-state index is 12.8. The zero-order valence-corrected chi connectivity index (χ0v) is 14.2. The minimum absolute atomic E-state index is 0.000631. The third-order valence-electron chi connectivity index (χ3n) is 4.73. The SMILES string of the molecule is O=C(Nc1nn[nH]n1)c1ccccc1C(C1CCNCC1)n1cccn1. The van der Waals surface area contributed by atoms with Gasteiger partial charge in [-0.15, -0.1) is 5.10 Å². The maximum Gasteiger partial charge on any atom is 0.270 e. The van der Waals surface area contributed by atoms with E-state index in [-0.39, 0.29) is 17.9 Å². The number of aromatic nitrogens is 6. The molecule has 0 radical (unpaired) electrons. The number of anilines is 1. The topological polar surface area (TPSA) is 113 Å². The maximum absolute atomic E-state index is 12.8. The first kappa shape index (κ1) is 16.4. The van der Waals surface area contributed by atoms with Crippen molar-refractivity contribution in [2.45, 2.75) is 18.9 Å². The molecule has 0 saturated carbocycles. The Kier molecular flexibility index (Phi) is 4.69. The fourth-order valence-electron chi connectivity index (χ4n) is 3.56. The number of hydrogen-bond donors (Lipinski definition) is 3. The molecule has 9 heteroatoms. The first-order chi connectivity index (χ1) is 12.8. The summed E-state index contributed by atoms with van der Waals surface area (Å²) in [7, 11) is 0. The van der Waals surface area contributed by atoms with Crippen LogP contribution in [-0.2, 0) is 0 Å². The summed E-state index contributed by atoms with van der Waals surface area (Å²) in [4.78, 5) is 12.8. The van der Waals surface area contributed by atoms with Crippen molar-refractivity contribution in [2.75, 3.05) is 18.4 Å². The van der Waals surface area contributed by atoms with Crippen LogP contribution in [-0.4, -0.2) is 49.4 Å². The number of piperidine rings is 1. The first-order valence-electron chi connectivity index (χ1n) is 8.66. The summed E-state index contributed by atoms with van der Waals surface area (Å²) in [6.45, 7) is 1.94. The molecule has 4 rings (SSSR count). The molecular formula is C17H20N8O. The van der Waals surface area contributed by atoms with Gasteiger partial charge < -0.3 is 5.32 Å². The van der Waals surface area contributed by atoms with Crippen molar-refractivity contribution >= 4 is 11.9 Å². The quantitative estimate of drug-likeness (QED) is 0.637. The number of tetrazole rings is 1. The van der Waals surface area contributed by atoms with E-state index in [9.17, 15) is 4.79 Å². The highest BCUT2D eigenvalue weighted by Gasteiger charge is 2.30. The Hall–Kier alpha value is -3.07. The van der Waals surface area contributed by atoms with Gasteiger partial charge in [0.15, 0.2) is 0 Å². The highest BCUT2D eigenvalue weighted by molar-refractivity contribution is 6.04. The Balaban J connectivity index is 1.70. The molecule has 0 spiro atoms. The Morgan fingerprint density at radius 2 is 2.08 bits per heavy atom. The summed E-state index contributed by atoms with van der Waals surface area (Å²) in [5.74, 6) is 0.297. The number of rotatable bonds is 5. The van der Waals surface area contributed by atoms with Crippen molar-refractivity contribution in [1.82, 2.24) is 35.7 Å². The van der Waals surface area contributed by atoms with Crippen LogP contribution >= 0.6 is 0 Å². The first-order valence-corrected chi connectivity index (χ1v) is 8.66. The van der Waals surface area contributed by atoms with Gasteiger partial charge in [0.05, 0.1) is 6.04 Å². The number of carbonyl (C=O) groups is 1. The molecule has 1 saturated heterocycles. The zero-order chi connectivity index (χ0) is 17.8. The van der Waals surface area contributed by atoms with E-state index >= 15 is 0 Å². The molecule has 1 amide bonds. The van der Waals surface area contributed by atoms with Gasteiger partial charge in [-0.2, -0.15) is 10.3 Å². The molecule has 26 heavy (non-hydrogen) atoms. The lowest BCUT2D eigenvalue weighted by atomic mass is 9.84. The molecule has 0 bridgehead atoms. The van der Waals surface area contributed by atoms with E-state index in [0.29, 0.717) is 11.5 Å². The third-order valence-corrected chi connectivity index (χ3v) is 4.73. The van der Waals surface area contributed by atoms with E-state index in [2.05, 4.69) is 36.4 Å². The Morgan fingerprint density at radius 3 is 2.81 bits per heavy atom. The predicted molar refractivity (Wildman–Crippen MR) is 94.5 cm³/mol. The van der Waals surface area contributed by atoms with Gasteiger partial charge in [-0.25, -0.2) is 0 Å². The van der Waals surface area contributed by atoms with Crippen LogP contribution in [0.1, 0.15) is 34.8 Å². The van der Waals surface area contributed by atoms with Gasteiger partial charge in [0.2, 0.25) is 0 Å². The molecule has 2 aromatic heterocycles. The van der Waals surface area contributed by atoms with Crippen molar-refractivity contribution < 1.29 is 4.79 Å². The van der Waals surface area contributed by atoms with Crippen molar-refractivity contribution in [3.05, 3.63) is 53.9 Å².